The summed E-state index contributed by atoms with van der Waals surface area (Å²) in [5.74, 6) is -1.53. The fourth-order valence-corrected chi connectivity index (χ4v) is 4.07. The summed E-state index contributed by atoms with van der Waals surface area (Å²) in [6.07, 6.45) is 1.62. The minimum absolute atomic E-state index is 0.111. The van der Waals surface area contributed by atoms with Crippen molar-refractivity contribution in [2.24, 2.45) is 0 Å². The van der Waals surface area contributed by atoms with Gasteiger partial charge in [0.25, 0.3) is 5.91 Å². The highest BCUT2D eigenvalue weighted by molar-refractivity contribution is 6.14. The summed E-state index contributed by atoms with van der Waals surface area (Å²) >= 11 is 0. The number of nitrogens with zero attached hydrogens (tertiary/aromatic N) is 2. The van der Waals surface area contributed by atoms with Crippen molar-refractivity contribution in [1.82, 2.24) is 9.80 Å². The van der Waals surface area contributed by atoms with Gasteiger partial charge < -0.3 is 0 Å². The molecule has 1 aliphatic rings. The molecule has 4 aromatic carbocycles. The van der Waals surface area contributed by atoms with Gasteiger partial charge in [-0.05, 0) is 40.6 Å². The van der Waals surface area contributed by atoms with Gasteiger partial charge in [0.1, 0.15) is 17.3 Å². The van der Waals surface area contributed by atoms with Crippen molar-refractivity contribution in [1.29, 1.82) is 0 Å². The Morgan fingerprint density at radius 2 is 1.21 bits per heavy atom. The zero-order valence-electron chi connectivity index (χ0n) is 18.1. The van der Waals surface area contributed by atoms with Crippen LogP contribution in [0.5, 0.6) is 0 Å². The van der Waals surface area contributed by atoms with Crippen LogP contribution in [0.25, 0.3) is 16.8 Å². The van der Waals surface area contributed by atoms with Gasteiger partial charge >= 0.3 is 6.03 Å². The zero-order chi connectivity index (χ0) is 23.7. The number of halogens is 2. The minimum atomic E-state index is -0.622. The van der Waals surface area contributed by atoms with Crippen LogP contribution >= 0.6 is 0 Å². The summed E-state index contributed by atoms with van der Waals surface area (Å²) in [7, 11) is 0. The monoisotopic (exact) mass is 454 g/mol. The molecule has 4 aromatic rings. The molecule has 0 unspecified atom stereocenters. The second kappa shape index (κ2) is 8.90. The first-order chi connectivity index (χ1) is 16.5. The van der Waals surface area contributed by atoms with Crippen LogP contribution in [-0.2, 0) is 17.9 Å². The smallest absolute Gasteiger partial charge is 0.284 e. The second-order valence-corrected chi connectivity index (χ2v) is 8.08. The highest BCUT2D eigenvalue weighted by Gasteiger charge is 2.41. The molecule has 168 valence electrons. The van der Waals surface area contributed by atoms with Crippen LogP contribution in [0.15, 0.2) is 96.7 Å². The van der Waals surface area contributed by atoms with Crippen LogP contribution in [0.1, 0.15) is 16.7 Å². The molecule has 0 aromatic heterocycles. The summed E-state index contributed by atoms with van der Waals surface area (Å²) < 4.78 is 28.6. The van der Waals surface area contributed by atoms with E-state index in [0.717, 1.165) is 21.2 Å². The van der Waals surface area contributed by atoms with Crippen LogP contribution in [0.2, 0.25) is 0 Å². The Morgan fingerprint density at radius 3 is 1.85 bits per heavy atom. The van der Waals surface area contributed by atoms with Crippen LogP contribution in [0.3, 0.4) is 0 Å². The molecule has 1 saturated heterocycles. The van der Waals surface area contributed by atoms with Crippen molar-refractivity contribution < 1.29 is 18.4 Å². The van der Waals surface area contributed by atoms with Crippen LogP contribution < -0.4 is 0 Å². The lowest BCUT2D eigenvalue weighted by atomic mass is 10.1. The molecule has 5 rings (SSSR count). The fraction of sp³-hybridized carbons (Fsp3) is 0.0714. The Bertz CT molecular complexity index is 1450. The molecule has 0 spiro atoms. The molecule has 34 heavy (non-hydrogen) atoms. The maximum absolute atomic E-state index is 14.4. The number of carbonyl (C=O) groups excluding carboxylic acids is 2. The van der Waals surface area contributed by atoms with E-state index in [1.54, 1.807) is 36.4 Å². The van der Waals surface area contributed by atoms with E-state index < -0.39 is 23.6 Å². The van der Waals surface area contributed by atoms with E-state index in [2.05, 4.69) is 0 Å². The maximum Gasteiger partial charge on any atom is 0.332 e. The third-order valence-electron chi connectivity index (χ3n) is 5.87. The Labute approximate surface area is 195 Å². The lowest BCUT2D eigenvalue weighted by molar-refractivity contribution is -0.123. The number of hydrogen-bond acceptors (Lipinski definition) is 2. The van der Waals surface area contributed by atoms with E-state index in [0.29, 0.717) is 0 Å². The molecular formula is C28H20F2N2O2. The van der Waals surface area contributed by atoms with Gasteiger partial charge in [0.05, 0.1) is 13.1 Å². The van der Waals surface area contributed by atoms with Crippen molar-refractivity contribution in [2.45, 2.75) is 13.1 Å². The van der Waals surface area contributed by atoms with E-state index >= 15 is 0 Å². The van der Waals surface area contributed by atoms with Gasteiger partial charge in [-0.2, -0.15) is 0 Å². The number of amides is 3. The summed E-state index contributed by atoms with van der Waals surface area (Å²) in [4.78, 5) is 28.9. The number of carbonyl (C=O) groups is 2. The Balaban J connectivity index is 1.55. The standard InChI is InChI=1S/C28H20F2N2O2/c29-24-11-5-3-9-22(24)17-31-26(16-19-13-14-20-7-1-2-8-21(20)15-19)27(33)32(28(31)34)18-23-10-4-6-12-25(23)30/h1-16H,17-18H2. The van der Waals surface area contributed by atoms with Crippen LogP contribution in [0, 0.1) is 11.6 Å². The number of imide groups is 1. The molecule has 0 N–H and O–H groups in total. The van der Waals surface area contributed by atoms with Gasteiger partial charge in [0.15, 0.2) is 0 Å². The van der Waals surface area contributed by atoms with E-state index in [1.807, 2.05) is 42.5 Å². The zero-order valence-corrected chi connectivity index (χ0v) is 18.1. The Hall–Kier alpha value is -4.32. The summed E-state index contributed by atoms with van der Waals surface area (Å²) in [5, 5.41) is 2.03. The third-order valence-corrected chi connectivity index (χ3v) is 5.87. The van der Waals surface area contributed by atoms with Gasteiger partial charge in [-0.15, -0.1) is 0 Å². The average Bonchev–Trinajstić information content (AvgIpc) is 3.06. The van der Waals surface area contributed by atoms with Crippen molar-refractivity contribution in [3.05, 3.63) is 125 Å². The van der Waals surface area contributed by atoms with E-state index in [1.165, 1.54) is 23.1 Å². The van der Waals surface area contributed by atoms with E-state index in [-0.39, 0.29) is 29.9 Å². The van der Waals surface area contributed by atoms with Gasteiger partial charge in [0.2, 0.25) is 0 Å². The van der Waals surface area contributed by atoms with Gasteiger partial charge in [-0.1, -0.05) is 72.8 Å². The highest BCUT2D eigenvalue weighted by atomic mass is 19.1. The van der Waals surface area contributed by atoms with Crippen molar-refractivity contribution >= 4 is 28.8 Å². The molecular weight excluding hydrogens is 434 g/mol. The normalized spacial score (nSPS) is 15.1. The second-order valence-electron chi connectivity index (χ2n) is 8.08. The predicted molar refractivity (Wildman–Crippen MR) is 126 cm³/mol. The highest BCUT2D eigenvalue weighted by Crippen LogP contribution is 2.29. The van der Waals surface area contributed by atoms with Gasteiger partial charge in [0, 0.05) is 11.1 Å². The molecule has 0 bridgehead atoms. The van der Waals surface area contributed by atoms with Crippen molar-refractivity contribution in [3.63, 3.8) is 0 Å². The Kier molecular flexibility index (Phi) is 5.64. The number of fused-ring (bicyclic) bond motifs is 1. The minimum Gasteiger partial charge on any atom is -0.284 e. The van der Waals surface area contributed by atoms with Crippen LogP contribution in [-0.4, -0.2) is 21.7 Å². The lowest BCUT2D eigenvalue weighted by Gasteiger charge is -2.18. The largest absolute Gasteiger partial charge is 0.332 e. The Morgan fingerprint density at radius 1 is 0.647 bits per heavy atom. The molecule has 0 radical (unpaired) electrons. The SMILES string of the molecule is O=C1C(=Cc2ccc3ccccc3c2)N(Cc2ccccc2F)C(=O)N1Cc1ccccc1F. The summed E-state index contributed by atoms with van der Waals surface area (Å²) in [6, 6.07) is 25.0. The molecule has 4 nitrogen and oxygen atoms in total. The first kappa shape index (κ1) is 21.5. The number of benzene rings is 4. The summed E-state index contributed by atoms with van der Waals surface area (Å²) in [6.45, 7) is -0.336. The molecule has 0 saturated carbocycles. The van der Waals surface area contributed by atoms with E-state index in [4.69, 9.17) is 0 Å². The number of rotatable bonds is 5. The van der Waals surface area contributed by atoms with Crippen LogP contribution in [0.4, 0.5) is 13.6 Å². The topological polar surface area (TPSA) is 40.6 Å². The first-order valence-electron chi connectivity index (χ1n) is 10.8. The number of urea groups is 1. The molecule has 1 aliphatic heterocycles. The molecule has 0 aliphatic carbocycles. The van der Waals surface area contributed by atoms with Gasteiger partial charge in [-0.3, -0.25) is 14.6 Å². The fourth-order valence-electron chi connectivity index (χ4n) is 4.07. The maximum atomic E-state index is 14.4. The molecule has 1 heterocycles. The molecule has 0 atom stereocenters. The molecule has 6 heteroatoms. The molecule has 1 fully saturated rings. The average molecular weight is 454 g/mol. The number of hydrogen-bond donors (Lipinski definition) is 0. The summed E-state index contributed by atoms with van der Waals surface area (Å²) in [5.41, 5.74) is 1.34. The predicted octanol–water partition coefficient (Wildman–Crippen LogP) is 6.12. The molecule has 3 amide bonds. The van der Waals surface area contributed by atoms with Crippen molar-refractivity contribution in [3.8, 4) is 0 Å². The van der Waals surface area contributed by atoms with Gasteiger partial charge in [-0.25, -0.2) is 13.6 Å². The quantitative estimate of drug-likeness (QED) is 0.269. The first-order valence-corrected chi connectivity index (χ1v) is 10.8. The van der Waals surface area contributed by atoms with E-state index in [9.17, 15) is 18.4 Å². The van der Waals surface area contributed by atoms with Crippen molar-refractivity contribution in [2.75, 3.05) is 0 Å². The lowest BCUT2D eigenvalue weighted by Crippen LogP contribution is -2.32. The third kappa shape index (κ3) is 4.06.